The van der Waals surface area contributed by atoms with Crippen LogP contribution in [0.4, 0.5) is 11.4 Å². The predicted molar refractivity (Wildman–Crippen MR) is 81.7 cm³/mol. The van der Waals surface area contributed by atoms with Gasteiger partial charge in [-0.2, -0.15) is 0 Å². The van der Waals surface area contributed by atoms with Crippen molar-refractivity contribution in [1.82, 2.24) is 0 Å². The highest BCUT2D eigenvalue weighted by molar-refractivity contribution is 9.10. The average molecular weight is 305 g/mol. The predicted octanol–water partition coefficient (Wildman–Crippen LogP) is 4.06. The van der Waals surface area contributed by atoms with Crippen molar-refractivity contribution in [2.75, 3.05) is 17.2 Å². The molecule has 2 rings (SSSR count). The van der Waals surface area contributed by atoms with E-state index in [1.807, 2.05) is 18.2 Å². The number of hydrogen-bond donors (Lipinski definition) is 1. The zero-order chi connectivity index (χ0) is 13.0. The third-order valence-electron chi connectivity index (χ3n) is 2.95. The maximum absolute atomic E-state index is 6.03. The average Bonchev–Trinajstić information content (AvgIpc) is 2.39. The van der Waals surface area contributed by atoms with Gasteiger partial charge in [-0.05, 0) is 36.8 Å². The molecule has 0 saturated heterocycles. The summed E-state index contributed by atoms with van der Waals surface area (Å²) in [6, 6.07) is 16.4. The Labute approximate surface area is 117 Å². The van der Waals surface area contributed by atoms with Crippen LogP contribution in [-0.4, -0.2) is 6.54 Å². The third kappa shape index (κ3) is 3.05. The van der Waals surface area contributed by atoms with Crippen LogP contribution in [0.2, 0.25) is 0 Å². The molecule has 0 aliphatic carbocycles. The lowest BCUT2D eigenvalue weighted by molar-refractivity contribution is 0.833. The quantitative estimate of drug-likeness (QED) is 0.863. The lowest BCUT2D eigenvalue weighted by Gasteiger charge is -2.24. The minimum Gasteiger partial charge on any atom is -0.397 e. The van der Waals surface area contributed by atoms with Gasteiger partial charge in [0.05, 0.1) is 11.4 Å². The molecule has 18 heavy (non-hydrogen) atoms. The van der Waals surface area contributed by atoms with Crippen molar-refractivity contribution in [2.45, 2.75) is 13.5 Å². The van der Waals surface area contributed by atoms with Gasteiger partial charge < -0.3 is 10.6 Å². The van der Waals surface area contributed by atoms with Gasteiger partial charge in [0.2, 0.25) is 0 Å². The molecule has 2 nitrogen and oxygen atoms in total. The summed E-state index contributed by atoms with van der Waals surface area (Å²) in [5.41, 5.74) is 9.24. The van der Waals surface area contributed by atoms with Crippen LogP contribution < -0.4 is 10.6 Å². The molecule has 0 fully saturated rings. The first-order valence-corrected chi connectivity index (χ1v) is 6.84. The fourth-order valence-electron chi connectivity index (χ4n) is 1.95. The number of nitrogens with two attached hydrogens (primary N) is 1. The van der Waals surface area contributed by atoms with Gasteiger partial charge in [-0.25, -0.2) is 0 Å². The van der Waals surface area contributed by atoms with Crippen molar-refractivity contribution >= 4 is 27.3 Å². The highest BCUT2D eigenvalue weighted by atomic mass is 79.9. The number of benzene rings is 2. The van der Waals surface area contributed by atoms with Crippen LogP contribution in [0.15, 0.2) is 53.0 Å². The molecular weight excluding hydrogens is 288 g/mol. The number of hydrogen-bond acceptors (Lipinski definition) is 2. The Bertz CT molecular complexity index is 508. The Kier molecular flexibility index (Phi) is 4.26. The summed E-state index contributed by atoms with van der Waals surface area (Å²) in [6.07, 6.45) is 0. The maximum atomic E-state index is 6.03. The maximum Gasteiger partial charge on any atom is 0.0602 e. The van der Waals surface area contributed by atoms with Gasteiger partial charge in [-0.15, -0.1) is 0 Å². The fourth-order valence-corrected chi connectivity index (χ4v) is 2.22. The molecular formula is C15H17BrN2. The zero-order valence-corrected chi connectivity index (χ0v) is 12.0. The van der Waals surface area contributed by atoms with E-state index in [2.05, 4.69) is 58.1 Å². The lowest BCUT2D eigenvalue weighted by Crippen LogP contribution is -2.22. The number of nitrogen functional groups attached to an aromatic ring is 1. The first kappa shape index (κ1) is 13.0. The van der Waals surface area contributed by atoms with E-state index >= 15 is 0 Å². The minimum absolute atomic E-state index is 0.830. The monoisotopic (exact) mass is 304 g/mol. The number of anilines is 2. The van der Waals surface area contributed by atoms with Crippen molar-refractivity contribution in [3.8, 4) is 0 Å². The molecule has 94 valence electrons. The van der Waals surface area contributed by atoms with Crippen LogP contribution >= 0.6 is 15.9 Å². The lowest BCUT2D eigenvalue weighted by atomic mass is 10.2. The van der Waals surface area contributed by atoms with Crippen LogP contribution in [0.25, 0.3) is 0 Å². The normalized spacial score (nSPS) is 10.3. The van der Waals surface area contributed by atoms with E-state index < -0.39 is 0 Å². The van der Waals surface area contributed by atoms with E-state index in [1.165, 1.54) is 5.56 Å². The highest BCUT2D eigenvalue weighted by Crippen LogP contribution is 2.24. The molecule has 0 radical (unpaired) electrons. The molecule has 0 unspecified atom stereocenters. The van der Waals surface area contributed by atoms with Gasteiger partial charge in [0.15, 0.2) is 0 Å². The van der Waals surface area contributed by atoms with Gasteiger partial charge in [0.1, 0.15) is 0 Å². The van der Waals surface area contributed by atoms with Crippen LogP contribution in [0.3, 0.4) is 0 Å². The van der Waals surface area contributed by atoms with E-state index in [4.69, 9.17) is 5.73 Å². The first-order valence-electron chi connectivity index (χ1n) is 6.04. The van der Waals surface area contributed by atoms with Crippen molar-refractivity contribution in [3.63, 3.8) is 0 Å². The Morgan fingerprint density at radius 3 is 2.33 bits per heavy atom. The zero-order valence-electron chi connectivity index (χ0n) is 10.4. The summed E-state index contributed by atoms with van der Waals surface area (Å²) < 4.78 is 1.11. The van der Waals surface area contributed by atoms with Crippen molar-refractivity contribution in [2.24, 2.45) is 0 Å². The van der Waals surface area contributed by atoms with Gasteiger partial charge in [-0.3, -0.25) is 0 Å². The molecule has 3 heteroatoms. The van der Waals surface area contributed by atoms with Gasteiger partial charge in [0, 0.05) is 17.6 Å². The molecule has 0 aromatic heterocycles. The molecule has 0 bridgehead atoms. The van der Waals surface area contributed by atoms with Crippen molar-refractivity contribution < 1.29 is 0 Å². The van der Waals surface area contributed by atoms with E-state index in [1.54, 1.807) is 0 Å². The SMILES string of the molecule is CCN(Cc1ccc(Br)cc1)c1ccccc1N. The molecule has 0 amide bonds. The summed E-state index contributed by atoms with van der Waals surface area (Å²) in [7, 11) is 0. The summed E-state index contributed by atoms with van der Waals surface area (Å²) in [6.45, 7) is 3.95. The standard InChI is InChI=1S/C15H17BrN2/c1-2-18(15-6-4-3-5-14(15)17)11-12-7-9-13(16)10-8-12/h3-10H,2,11,17H2,1H3. The molecule has 0 heterocycles. The Morgan fingerprint density at radius 1 is 1.06 bits per heavy atom. The largest absolute Gasteiger partial charge is 0.397 e. The Morgan fingerprint density at radius 2 is 1.72 bits per heavy atom. The summed E-state index contributed by atoms with van der Waals surface area (Å²) in [5.74, 6) is 0. The molecule has 2 aromatic rings. The number of nitrogens with zero attached hydrogens (tertiary/aromatic N) is 1. The molecule has 0 aliphatic heterocycles. The topological polar surface area (TPSA) is 29.3 Å². The van der Waals surface area contributed by atoms with Crippen molar-refractivity contribution in [3.05, 3.63) is 58.6 Å². The van der Waals surface area contributed by atoms with E-state index in [0.717, 1.165) is 28.9 Å². The second-order valence-electron chi connectivity index (χ2n) is 4.20. The van der Waals surface area contributed by atoms with E-state index in [-0.39, 0.29) is 0 Å². The first-order chi connectivity index (χ1) is 8.70. The van der Waals surface area contributed by atoms with Gasteiger partial charge in [0.25, 0.3) is 0 Å². The number of halogens is 1. The van der Waals surface area contributed by atoms with Crippen molar-refractivity contribution in [1.29, 1.82) is 0 Å². The van der Waals surface area contributed by atoms with Gasteiger partial charge in [-0.1, -0.05) is 40.2 Å². The Balaban J connectivity index is 2.20. The van der Waals surface area contributed by atoms with Crippen LogP contribution in [0.1, 0.15) is 12.5 Å². The molecule has 0 spiro atoms. The summed E-state index contributed by atoms with van der Waals surface area (Å²) >= 11 is 3.45. The number of para-hydroxylation sites is 2. The minimum atomic E-state index is 0.830. The van der Waals surface area contributed by atoms with Crippen LogP contribution in [-0.2, 0) is 6.54 Å². The second kappa shape index (κ2) is 5.91. The molecule has 2 aromatic carbocycles. The smallest absolute Gasteiger partial charge is 0.0602 e. The van der Waals surface area contributed by atoms with E-state index in [0.29, 0.717) is 0 Å². The summed E-state index contributed by atoms with van der Waals surface area (Å²) in [4.78, 5) is 2.28. The number of rotatable bonds is 4. The second-order valence-corrected chi connectivity index (χ2v) is 5.12. The van der Waals surface area contributed by atoms with Gasteiger partial charge >= 0.3 is 0 Å². The molecule has 2 N–H and O–H groups in total. The fraction of sp³-hybridized carbons (Fsp3) is 0.200. The van der Waals surface area contributed by atoms with E-state index in [9.17, 15) is 0 Å². The third-order valence-corrected chi connectivity index (χ3v) is 3.47. The highest BCUT2D eigenvalue weighted by Gasteiger charge is 2.07. The molecule has 0 atom stereocenters. The van der Waals surface area contributed by atoms with Crippen LogP contribution in [0.5, 0.6) is 0 Å². The summed E-state index contributed by atoms with van der Waals surface area (Å²) in [5, 5.41) is 0. The molecule has 0 aliphatic rings. The Hall–Kier alpha value is -1.48. The van der Waals surface area contributed by atoms with Crippen LogP contribution in [0, 0.1) is 0 Å². The molecule has 0 saturated carbocycles.